The summed E-state index contributed by atoms with van der Waals surface area (Å²) in [7, 11) is 0. The monoisotopic (exact) mass is 493 g/mol. The predicted octanol–water partition coefficient (Wildman–Crippen LogP) is 6.15. The fourth-order valence-electron chi connectivity index (χ4n) is 5.14. The van der Waals surface area contributed by atoms with Gasteiger partial charge in [-0.15, -0.1) is 0 Å². The molecule has 4 aromatic rings. The van der Waals surface area contributed by atoms with Crippen LogP contribution in [-0.4, -0.2) is 32.9 Å². The first-order valence-corrected chi connectivity index (χ1v) is 12.9. The highest BCUT2D eigenvalue weighted by molar-refractivity contribution is 5.94. The number of nitrogens with two attached hydrogens (primary N) is 1. The van der Waals surface area contributed by atoms with Crippen molar-refractivity contribution in [3.8, 4) is 17.6 Å². The molecule has 3 aromatic carbocycles. The average molecular weight is 494 g/mol. The molecule has 7 heteroatoms. The molecule has 37 heavy (non-hydrogen) atoms. The van der Waals surface area contributed by atoms with Gasteiger partial charge in [-0.2, -0.15) is 5.26 Å². The van der Waals surface area contributed by atoms with Gasteiger partial charge in [0.15, 0.2) is 0 Å². The number of para-hydroxylation sites is 1. The lowest BCUT2D eigenvalue weighted by Gasteiger charge is -2.34. The van der Waals surface area contributed by atoms with Crippen molar-refractivity contribution >= 4 is 22.9 Å². The van der Waals surface area contributed by atoms with E-state index in [9.17, 15) is 4.79 Å². The zero-order valence-electron chi connectivity index (χ0n) is 20.8. The summed E-state index contributed by atoms with van der Waals surface area (Å²) in [5, 5.41) is 9.15. The predicted molar refractivity (Wildman–Crippen MR) is 144 cm³/mol. The number of imidazole rings is 1. The number of benzene rings is 3. The van der Waals surface area contributed by atoms with Crippen LogP contribution in [0.4, 0.5) is 5.95 Å². The lowest BCUT2D eigenvalue weighted by atomic mass is 9.93. The van der Waals surface area contributed by atoms with E-state index in [2.05, 4.69) is 11.1 Å². The van der Waals surface area contributed by atoms with Crippen LogP contribution >= 0.6 is 0 Å². The minimum Gasteiger partial charge on any atom is -0.457 e. The topological polar surface area (TPSA) is 97.2 Å². The van der Waals surface area contributed by atoms with Gasteiger partial charge in [0.1, 0.15) is 11.5 Å². The van der Waals surface area contributed by atoms with E-state index in [4.69, 9.17) is 15.7 Å². The summed E-state index contributed by atoms with van der Waals surface area (Å²) in [6.07, 6.45) is 5.81. The van der Waals surface area contributed by atoms with E-state index in [1.807, 2.05) is 82.3 Å². The van der Waals surface area contributed by atoms with Crippen molar-refractivity contribution < 1.29 is 9.53 Å². The molecule has 1 amide bonds. The summed E-state index contributed by atoms with van der Waals surface area (Å²) >= 11 is 0. The van der Waals surface area contributed by atoms with E-state index >= 15 is 0 Å². The number of anilines is 1. The minimum absolute atomic E-state index is 0.00833. The number of amides is 1. The van der Waals surface area contributed by atoms with E-state index in [-0.39, 0.29) is 11.9 Å². The van der Waals surface area contributed by atoms with Crippen LogP contribution in [0.15, 0.2) is 72.8 Å². The summed E-state index contributed by atoms with van der Waals surface area (Å²) in [5.74, 6) is 1.85. The number of fused-ring (bicyclic) bond motifs is 1. The third-order valence-corrected chi connectivity index (χ3v) is 6.98. The standard InChI is InChI=1S/C30H31N5O2/c31-17-8-18-34(24-11-3-1-4-12-24)29(36)23-10-7-9-22(19-23)21-35-28-20-26(15-16-27(28)33-30(35)32)37-25-13-5-2-6-14-25/h2,5-7,9-10,13-16,19-20,24H,1,3-4,8,11-12,18,21H2,(H2,32,33). The van der Waals surface area contributed by atoms with Crippen molar-refractivity contribution in [1.29, 1.82) is 5.26 Å². The van der Waals surface area contributed by atoms with Crippen LogP contribution in [0.2, 0.25) is 0 Å². The Morgan fingerprint density at radius 3 is 2.62 bits per heavy atom. The van der Waals surface area contributed by atoms with Crippen molar-refractivity contribution in [3.63, 3.8) is 0 Å². The first-order valence-electron chi connectivity index (χ1n) is 12.9. The average Bonchev–Trinajstić information content (AvgIpc) is 3.24. The third-order valence-electron chi connectivity index (χ3n) is 6.98. The second-order valence-electron chi connectivity index (χ2n) is 9.52. The third kappa shape index (κ3) is 5.59. The number of nitrogens with zero attached hydrogens (tertiary/aromatic N) is 4. The summed E-state index contributed by atoms with van der Waals surface area (Å²) in [6.45, 7) is 0.938. The molecule has 0 saturated heterocycles. The SMILES string of the molecule is N#CCCN(C(=O)c1cccc(Cn2c(N)nc3ccc(Oc4ccccc4)cc32)c1)C1CCCCC1. The summed E-state index contributed by atoms with van der Waals surface area (Å²) in [4.78, 5) is 20.0. The normalized spacial score (nSPS) is 13.8. The van der Waals surface area contributed by atoms with Crippen molar-refractivity contribution in [1.82, 2.24) is 14.5 Å². The van der Waals surface area contributed by atoms with Gasteiger partial charge in [0.2, 0.25) is 5.95 Å². The molecule has 1 heterocycles. The molecule has 0 unspecified atom stereocenters. The lowest BCUT2D eigenvalue weighted by molar-refractivity contribution is 0.0639. The molecule has 188 valence electrons. The number of ether oxygens (including phenoxy) is 1. The Kier molecular flexibility index (Phi) is 7.36. The Morgan fingerprint density at radius 1 is 1.03 bits per heavy atom. The van der Waals surface area contributed by atoms with Gasteiger partial charge in [-0.3, -0.25) is 4.79 Å². The van der Waals surface area contributed by atoms with Crippen LogP contribution < -0.4 is 10.5 Å². The van der Waals surface area contributed by atoms with Crippen LogP contribution in [0.3, 0.4) is 0 Å². The summed E-state index contributed by atoms with van der Waals surface area (Å²) < 4.78 is 7.95. The second-order valence-corrected chi connectivity index (χ2v) is 9.52. The van der Waals surface area contributed by atoms with Crippen LogP contribution in [0.1, 0.15) is 54.4 Å². The molecule has 0 spiro atoms. The quantitative estimate of drug-likeness (QED) is 0.318. The number of nitriles is 1. The Hall–Kier alpha value is -4.31. The number of hydrogen-bond donors (Lipinski definition) is 1. The molecular formula is C30H31N5O2. The molecule has 0 radical (unpaired) electrons. The number of rotatable bonds is 8. The second kappa shape index (κ2) is 11.2. The molecule has 0 atom stereocenters. The fourth-order valence-corrected chi connectivity index (χ4v) is 5.14. The van der Waals surface area contributed by atoms with Crippen molar-refractivity contribution in [2.75, 3.05) is 12.3 Å². The highest BCUT2D eigenvalue weighted by Gasteiger charge is 2.26. The zero-order chi connectivity index (χ0) is 25.6. The Morgan fingerprint density at radius 2 is 1.84 bits per heavy atom. The molecule has 1 aliphatic carbocycles. The fraction of sp³-hybridized carbons (Fsp3) is 0.300. The van der Waals surface area contributed by atoms with E-state index in [1.54, 1.807) is 0 Å². The highest BCUT2D eigenvalue weighted by atomic mass is 16.5. The zero-order valence-corrected chi connectivity index (χ0v) is 20.8. The smallest absolute Gasteiger partial charge is 0.254 e. The van der Waals surface area contributed by atoms with Gasteiger partial charge in [0.25, 0.3) is 5.91 Å². The first kappa shape index (κ1) is 24.4. The van der Waals surface area contributed by atoms with E-state index in [0.717, 1.165) is 48.0 Å². The van der Waals surface area contributed by atoms with Crippen molar-refractivity contribution in [3.05, 3.63) is 83.9 Å². The number of nitrogen functional groups attached to an aromatic ring is 1. The molecule has 5 rings (SSSR count). The molecule has 1 aromatic heterocycles. The van der Waals surface area contributed by atoms with Crippen LogP contribution in [0.25, 0.3) is 11.0 Å². The Labute approximate surface area is 217 Å². The van der Waals surface area contributed by atoms with Crippen molar-refractivity contribution in [2.24, 2.45) is 0 Å². The largest absolute Gasteiger partial charge is 0.457 e. The lowest BCUT2D eigenvalue weighted by Crippen LogP contribution is -2.42. The number of aromatic nitrogens is 2. The van der Waals surface area contributed by atoms with Gasteiger partial charge in [0, 0.05) is 24.2 Å². The van der Waals surface area contributed by atoms with Gasteiger partial charge in [-0.1, -0.05) is 49.6 Å². The van der Waals surface area contributed by atoms with Crippen molar-refractivity contribution in [2.45, 2.75) is 51.1 Å². The molecule has 2 N–H and O–H groups in total. The van der Waals surface area contributed by atoms with Gasteiger partial charge < -0.3 is 19.9 Å². The summed E-state index contributed by atoms with van der Waals surface area (Å²) in [6, 6.07) is 25.4. The minimum atomic E-state index is -0.00833. The first-order chi connectivity index (χ1) is 18.1. The van der Waals surface area contributed by atoms with E-state index < -0.39 is 0 Å². The van der Waals surface area contributed by atoms with Crippen LogP contribution in [0, 0.1) is 11.3 Å². The van der Waals surface area contributed by atoms with E-state index in [0.29, 0.717) is 36.8 Å². The highest BCUT2D eigenvalue weighted by Crippen LogP contribution is 2.28. The van der Waals surface area contributed by atoms with Crippen LogP contribution in [-0.2, 0) is 6.54 Å². The van der Waals surface area contributed by atoms with Gasteiger partial charge in [-0.25, -0.2) is 4.98 Å². The van der Waals surface area contributed by atoms with Crippen LogP contribution in [0.5, 0.6) is 11.5 Å². The Bertz CT molecular complexity index is 1420. The van der Waals surface area contributed by atoms with Gasteiger partial charge in [0.05, 0.1) is 30.1 Å². The molecule has 7 nitrogen and oxygen atoms in total. The number of carbonyl (C=O) groups excluding carboxylic acids is 1. The number of carbonyl (C=O) groups is 1. The Balaban J connectivity index is 1.40. The molecule has 1 saturated carbocycles. The molecule has 1 fully saturated rings. The van der Waals surface area contributed by atoms with E-state index in [1.165, 1.54) is 6.42 Å². The summed E-state index contributed by atoms with van der Waals surface area (Å²) in [5.41, 5.74) is 9.54. The molecule has 0 aliphatic heterocycles. The van der Waals surface area contributed by atoms with Gasteiger partial charge in [-0.05, 0) is 54.8 Å². The maximum atomic E-state index is 13.6. The molecule has 0 bridgehead atoms. The molecule has 1 aliphatic rings. The maximum Gasteiger partial charge on any atom is 0.254 e. The maximum absolute atomic E-state index is 13.6. The van der Waals surface area contributed by atoms with Gasteiger partial charge >= 0.3 is 0 Å². The molecular weight excluding hydrogens is 462 g/mol. The number of hydrogen-bond acceptors (Lipinski definition) is 5.